The van der Waals surface area contributed by atoms with Crippen molar-refractivity contribution in [1.29, 1.82) is 0 Å². The third kappa shape index (κ3) is 3.23. The van der Waals surface area contributed by atoms with E-state index in [-0.39, 0.29) is 0 Å². The van der Waals surface area contributed by atoms with Gasteiger partial charge in [-0.2, -0.15) is 0 Å². The maximum absolute atomic E-state index is 5.54. The van der Waals surface area contributed by atoms with Crippen molar-refractivity contribution < 1.29 is 4.74 Å². The minimum absolute atomic E-state index is 0.665. The molecule has 4 nitrogen and oxygen atoms in total. The predicted octanol–water partition coefficient (Wildman–Crippen LogP) is 0.347. The summed E-state index contributed by atoms with van der Waals surface area (Å²) in [7, 11) is 0. The zero-order chi connectivity index (χ0) is 11.2. The topological polar surface area (TPSA) is 51.4 Å². The Morgan fingerprint density at radius 1 is 1.38 bits per heavy atom. The molecule has 0 amide bonds. The Morgan fingerprint density at radius 3 is 2.88 bits per heavy atom. The third-order valence-corrected chi connectivity index (χ3v) is 2.41. The van der Waals surface area contributed by atoms with E-state index in [4.69, 9.17) is 10.5 Å². The Bertz CT molecular complexity index is 385. The lowest BCUT2D eigenvalue weighted by Gasteiger charge is -2.24. The van der Waals surface area contributed by atoms with E-state index in [1.807, 2.05) is 12.1 Å². The van der Waals surface area contributed by atoms with Gasteiger partial charge in [0.05, 0.1) is 31.6 Å². The van der Waals surface area contributed by atoms with Gasteiger partial charge in [0.2, 0.25) is 0 Å². The van der Waals surface area contributed by atoms with Gasteiger partial charge in [0.15, 0.2) is 0 Å². The van der Waals surface area contributed by atoms with Crippen LogP contribution in [0.15, 0.2) is 18.3 Å². The van der Waals surface area contributed by atoms with Gasteiger partial charge in [-0.1, -0.05) is 5.92 Å². The molecule has 2 rings (SSSR count). The maximum atomic E-state index is 5.54. The zero-order valence-electron chi connectivity index (χ0n) is 9.15. The van der Waals surface area contributed by atoms with Crippen molar-refractivity contribution in [3.05, 3.63) is 24.0 Å². The molecule has 1 aromatic rings. The SMILES string of the molecule is Nc1ccc(C#CCN2CCOCC2)nc1. The van der Waals surface area contributed by atoms with E-state index < -0.39 is 0 Å². The molecule has 0 aliphatic carbocycles. The van der Waals surface area contributed by atoms with E-state index in [1.54, 1.807) is 6.20 Å². The van der Waals surface area contributed by atoms with Gasteiger partial charge < -0.3 is 10.5 Å². The molecular weight excluding hydrogens is 202 g/mol. The van der Waals surface area contributed by atoms with E-state index >= 15 is 0 Å². The average molecular weight is 217 g/mol. The summed E-state index contributed by atoms with van der Waals surface area (Å²) < 4.78 is 5.26. The molecule has 0 spiro atoms. The van der Waals surface area contributed by atoms with Gasteiger partial charge in [0.1, 0.15) is 5.69 Å². The molecule has 2 N–H and O–H groups in total. The Kier molecular flexibility index (Phi) is 3.76. The molecule has 2 heterocycles. The minimum atomic E-state index is 0.665. The fourth-order valence-electron chi connectivity index (χ4n) is 1.48. The molecule has 1 saturated heterocycles. The number of ether oxygens (including phenoxy) is 1. The van der Waals surface area contributed by atoms with Crippen molar-refractivity contribution in [3.63, 3.8) is 0 Å². The van der Waals surface area contributed by atoms with Crippen molar-refractivity contribution in [2.75, 3.05) is 38.6 Å². The number of pyridine rings is 1. The molecule has 84 valence electrons. The summed E-state index contributed by atoms with van der Waals surface area (Å²) in [5.41, 5.74) is 6.97. The van der Waals surface area contributed by atoms with Gasteiger partial charge in [0.25, 0.3) is 0 Å². The van der Waals surface area contributed by atoms with Gasteiger partial charge in [-0.25, -0.2) is 4.98 Å². The molecule has 1 aliphatic heterocycles. The molecule has 1 fully saturated rings. The summed E-state index contributed by atoms with van der Waals surface area (Å²) in [5, 5.41) is 0. The average Bonchev–Trinajstić information content (AvgIpc) is 2.33. The monoisotopic (exact) mass is 217 g/mol. The summed E-state index contributed by atoms with van der Waals surface area (Å²) in [6, 6.07) is 3.65. The van der Waals surface area contributed by atoms with Crippen molar-refractivity contribution in [3.8, 4) is 11.8 Å². The molecular formula is C12H15N3O. The fraction of sp³-hybridized carbons (Fsp3) is 0.417. The number of nitrogens with zero attached hydrogens (tertiary/aromatic N) is 2. The second-order valence-corrected chi connectivity index (χ2v) is 3.67. The summed E-state index contributed by atoms with van der Waals surface area (Å²) in [6.45, 7) is 4.31. The van der Waals surface area contributed by atoms with Gasteiger partial charge in [-0.05, 0) is 18.1 Å². The Morgan fingerprint density at radius 2 is 2.19 bits per heavy atom. The number of aromatic nitrogens is 1. The molecule has 0 saturated carbocycles. The summed E-state index contributed by atoms with van der Waals surface area (Å²) in [6.07, 6.45) is 1.62. The first kappa shape index (κ1) is 10.9. The van der Waals surface area contributed by atoms with Gasteiger partial charge in [-0.15, -0.1) is 0 Å². The van der Waals surface area contributed by atoms with Crippen molar-refractivity contribution in [2.45, 2.75) is 0 Å². The number of hydrogen-bond acceptors (Lipinski definition) is 4. The van der Waals surface area contributed by atoms with Crippen molar-refractivity contribution in [2.24, 2.45) is 0 Å². The highest BCUT2D eigenvalue weighted by atomic mass is 16.5. The van der Waals surface area contributed by atoms with Crippen LogP contribution in [-0.4, -0.2) is 42.7 Å². The number of rotatable bonds is 1. The van der Waals surface area contributed by atoms with Crippen LogP contribution in [0.5, 0.6) is 0 Å². The van der Waals surface area contributed by atoms with Crippen LogP contribution in [0.1, 0.15) is 5.69 Å². The van der Waals surface area contributed by atoms with Crippen LogP contribution < -0.4 is 5.73 Å². The first-order chi connectivity index (χ1) is 7.84. The lowest BCUT2D eigenvalue weighted by atomic mass is 10.3. The normalized spacial score (nSPS) is 16.5. The Balaban J connectivity index is 1.87. The molecule has 0 aromatic carbocycles. The smallest absolute Gasteiger partial charge is 0.113 e. The maximum Gasteiger partial charge on any atom is 0.113 e. The van der Waals surface area contributed by atoms with Crippen LogP contribution in [-0.2, 0) is 4.74 Å². The van der Waals surface area contributed by atoms with E-state index in [2.05, 4.69) is 21.7 Å². The van der Waals surface area contributed by atoms with Crippen LogP contribution in [0, 0.1) is 11.8 Å². The Hall–Kier alpha value is -1.57. The van der Waals surface area contributed by atoms with Gasteiger partial charge >= 0.3 is 0 Å². The number of hydrogen-bond donors (Lipinski definition) is 1. The largest absolute Gasteiger partial charge is 0.397 e. The lowest BCUT2D eigenvalue weighted by molar-refractivity contribution is 0.0443. The lowest BCUT2D eigenvalue weighted by Crippen LogP contribution is -2.36. The minimum Gasteiger partial charge on any atom is -0.397 e. The quantitative estimate of drug-likeness (QED) is 0.690. The van der Waals surface area contributed by atoms with Crippen LogP contribution in [0.3, 0.4) is 0 Å². The first-order valence-corrected chi connectivity index (χ1v) is 5.35. The number of nitrogen functional groups attached to an aromatic ring is 1. The molecule has 0 radical (unpaired) electrons. The number of nitrogens with two attached hydrogens (primary N) is 1. The molecule has 1 aliphatic rings. The summed E-state index contributed by atoms with van der Waals surface area (Å²) >= 11 is 0. The number of anilines is 1. The second-order valence-electron chi connectivity index (χ2n) is 3.67. The molecule has 1 aromatic heterocycles. The van der Waals surface area contributed by atoms with Crippen molar-refractivity contribution >= 4 is 5.69 Å². The van der Waals surface area contributed by atoms with E-state index in [0.29, 0.717) is 5.69 Å². The molecule has 0 atom stereocenters. The molecule has 4 heteroatoms. The second kappa shape index (κ2) is 5.50. The van der Waals surface area contributed by atoms with Crippen LogP contribution in [0.4, 0.5) is 5.69 Å². The fourth-order valence-corrected chi connectivity index (χ4v) is 1.48. The van der Waals surface area contributed by atoms with Crippen LogP contribution >= 0.6 is 0 Å². The van der Waals surface area contributed by atoms with E-state index in [0.717, 1.165) is 38.5 Å². The Labute approximate surface area is 95.4 Å². The molecule has 0 bridgehead atoms. The van der Waals surface area contributed by atoms with Gasteiger partial charge in [0, 0.05) is 13.1 Å². The predicted molar refractivity (Wildman–Crippen MR) is 62.8 cm³/mol. The van der Waals surface area contributed by atoms with Gasteiger partial charge in [-0.3, -0.25) is 4.90 Å². The van der Waals surface area contributed by atoms with E-state index in [9.17, 15) is 0 Å². The van der Waals surface area contributed by atoms with Crippen molar-refractivity contribution in [1.82, 2.24) is 9.88 Å². The standard InChI is InChI=1S/C12H15N3O/c13-11-3-4-12(14-10-11)2-1-5-15-6-8-16-9-7-15/h3-4,10H,5-9,13H2. The third-order valence-electron chi connectivity index (χ3n) is 2.41. The van der Waals surface area contributed by atoms with E-state index in [1.165, 1.54) is 0 Å². The highest BCUT2D eigenvalue weighted by molar-refractivity contribution is 5.39. The van der Waals surface area contributed by atoms with Crippen LogP contribution in [0.2, 0.25) is 0 Å². The van der Waals surface area contributed by atoms with Crippen LogP contribution in [0.25, 0.3) is 0 Å². The highest BCUT2D eigenvalue weighted by Gasteiger charge is 2.07. The first-order valence-electron chi connectivity index (χ1n) is 5.35. The molecule has 0 unspecified atom stereocenters. The number of morpholine rings is 1. The summed E-state index contributed by atoms with van der Waals surface area (Å²) in [4.78, 5) is 6.39. The highest BCUT2D eigenvalue weighted by Crippen LogP contribution is 1.99. The zero-order valence-corrected chi connectivity index (χ0v) is 9.15. The summed E-state index contributed by atoms with van der Waals surface area (Å²) in [5.74, 6) is 6.13. The molecule has 16 heavy (non-hydrogen) atoms.